The van der Waals surface area contributed by atoms with Crippen molar-refractivity contribution in [3.63, 3.8) is 0 Å². The first-order chi connectivity index (χ1) is 13.7. The number of benzene rings is 1. The van der Waals surface area contributed by atoms with Crippen molar-refractivity contribution >= 4 is 17.5 Å². The van der Waals surface area contributed by atoms with Gasteiger partial charge >= 0.3 is 0 Å². The van der Waals surface area contributed by atoms with Crippen molar-refractivity contribution in [3.8, 4) is 5.75 Å². The highest BCUT2D eigenvalue weighted by Crippen LogP contribution is 2.20. The standard InChI is InChI=1S/C21H27N5O2/c1-28-18-6-4-17(5-7-18)16-21(27)26-14-12-25(13-15-26)20-9-8-19(22-23-20)24-10-2-3-11-24/h4-9H,2-3,10-16H2,1H3. The third-order valence-electron chi connectivity index (χ3n) is 5.54. The maximum absolute atomic E-state index is 12.6. The molecular formula is C21H27N5O2. The Balaban J connectivity index is 1.29. The summed E-state index contributed by atoms with van der Waals surface area (Å²) in [6, 6.07) is 11.8. The van der Waals surface area contributed by atoms with E-state index < -0.39 is 0 Å². The minimum atomic E-state index is 0.167. The molecule has 2 aliphatic heterocycles. The van der Waals surface area contributed by atoms with Crippen LogP contribution in [0.3, 0.4) is 0 Å². The number of nitrogens with zero attached hydrogens (tertiary/aromatic N) is 5. The molecule has 28 heavy (non-hydrogen) atoms. The number of amides is 1. The van der Waals surface area contributed by atoms with Gasteiger partial charge in [0, 0.05) is 39.3 Å². The van der Waals surface area contributed by atoms with Crippen LogP contribution in [0.1, 0.15) is 18.4 Å². The fourth-order valence-corrected chi connectivity index (χ4v) is 3.82. The molecule has 3 heterocycles. The number of ether oxygens (including phenoxy) is 1. The molecule has 148 valence electrons. The average molecular weight is 381 g/mol. The zero-order valence-electron chi connectivity index (χ0n) is 16.4. The van der Waals surface area contributed by atoms with Gasteiger partial charge in [-0.1, -0.05) is 12.1 Å². The first-order valence-corrected chi connectivity index (χ1v) is 9.97. The van der Waals surface area contributed by atoms with Gasteiger partial charge < -0.3 is 19.4 Å². The van der Waals surface area contributed by atoms with E-state index in [2.05, 4.69) is 32.1 Å². The molecule has 0 unspecified atom stereocenters. The lowest BCUT2D eigenvalue weighted by Gasteiger charge is -2.35. The molecule has 2 aliphatic rings. The molecule has 0 N–H and O–H groups in total. The van der Waals surface area contributed by atoms with Crippen molar-refractivity contribution in [1.82, 2.24) is 15.1 Å². The quantitative estimate of drug-likeness (QED) is 0.789. The van der Waals surface area contributed by atoms with Gasteiger partial charge in [-0.05, 0) is 42.7 Å². The van der Waals surface area contributed by atoms with Gasteiger partial charge in [0.15, 0.2) is 11.6 Å². The van der Waals surface area contributed by atoms with Gasteiger partial charge in [0.2, 0.25) is 5.91 Å². The van der Waals surface area contributed by atoms with Crippen molar-refractivity contribution in [3.05, 3.63) is 42.0 Å². The second-order valence-corrected chi connectivity index (χ2v) is 7.34. The van der Waals surface area contributed by atoms with E-state index in [1.807, 2.05) is 29.2 Å². The third-order valence-corrected chi connectivity index (χ3v) is 5.54. The van der Waals surface area contributed by atoms with E-state index >= 15 is 0 Å². The van der Waals surface area contributed by atoms with Crippen LogP contribution in [-0.4, -0.2) is 67.4 Å². The topological polar surface area (TPSA) is 61.8 Å². The summed E-state index contributed by atoms with van der Waals surface area (Å²) in [6.07, 6.45) is 2.89. The Bertz CT molecular complexity index is 779. The predicted molar refractivity (Wildman–Crippen MR) is 109 cm³/mol. The molecule has 0 radical (unpaired) electrons. The molecule has 7 nitrogen and oxygen atoms in total. The molecule has 0 saturated carbocycles. The molecule has 0 spiro atoms. The number of hydrogen-bond acceptors (Lipinski definition) is 6. The van der Waals surface area contributed by atoms with Crippen molar-refractivity contribution in [2.75, 3.05) is 56.2 Å². The molecule has 1 aromatic heterocycles. The SMILES string of the molecule is COc1ccc(CC(=O)N2CCN(c3ccc(N4CCCC4)nn3)CC2)cc1. The van der Waals surface area contributed by atoms with E-state index in [0.29, 0.717) is 19.5 Å². The Hall–Kier alpha value is -2.83. The largest absolute Gasteiger partial charge is 0.497 e. The van der Waals surface area contributed by atoms with Crippen LogP contribution in [0.4, 0.5) is 11.6 Å². The number of aromatic nitrogens is 2. The maximum atomic E-state index is 12.6. The molecule has 0 atom stereocenters. The predicted octanol–water partition coefficient (Wildman–Crippen LogP) is 1.98. The first-order valence-electron chi connectivity index (χ1n) is 9.97. The van der Waals surface area contributed by atoms with Crippen LogP contribution in [-0.2, 0) is 11.2 Å². The summed E-state index contributed by atoms with van der Waals surface area (Å²) in [7, 11) is 1.64. The van der Waals surface area contributed by atoms with E-state index in [1.54, 1.807) is 7.11 Å². The van der Waals surface area contributed by atoms with Crippen molar-refractivity contribution in [2.24, 2.45) is 0 Å². The Morgan fingerprint density at radius 1 is 0.857 bits per heavy atom. The van der Waals surface area contributed by atoms with E-state index in [9.17, 15) is 4.79 Å². The lowest BCUT2D eigenvalue weighted by Crippen LogP contribution is -2.49. The Morgan fingerprint density at radius 3 is 1.96 bits per heavy atom. The van der Waals surface area contributed by atoms with Crippen LogP contribution in [0.25, 0.3) is 0 Å². The lowest BCUT2D eigenvalue weighted by atomic mass is 10.1. The molecule has 0 bridgehead atoms. The highest BCUT2D eigenvalue weighted by Gasteiger charge is 2.22. The number of methoxy groups -OCH3 is 1. The molecule has 7 heteroatoms. The van der Waals surface area contributed by atoms with Crippen LogP contribution in [0.15, 0.2) is 36.4 Å². The number of piperazine rings is 1. The molecule has 4 rings (SSSR count). The highest BCUT2D eigenvalue weighted by atomic mass is 16.5. The number of carbonyl (C=O) groups is 1. The highest BCUT2D eigenvalue weighted by molar-refractivity contribution is 5.79. The second-order valence-electron chi connectivity index (χ2n) is 7.34. The van der Waals surface area contributed by atoms with Crippen molar-refractivity contribution in [1.29, 1.82) is 0 Å². The summed E-state index contributed by atoms with van der Waals surface area (Å²) in [6.45, 7) is 5.14. The third kappa shape index (κ3) is 4.18. The van der Waals surface area contributed by atoms with E-state index in [4.69, 9.17) is 4.74 Å². The van der Waals surface area contributed by atoms with Gasteiger partial charge in [0.1, 0.15) is 5.75 Å². The minimum absolute atomic E-state index is 0.167. The average Bonchev–Trinajstić information content (AvgIpc) is 3.29. The number of carbonyl (C=O) groups excluding carboxylic acids is 1. The fourth-order valence-electron chi connectivity index (χ4n) is 3.82. The van der Waals surface area contributed by atoms with Crippen LogP contribution in [0.5, 0.6) is 5.75 Å². The van der Waals surface area contributed by atoms with Gasteiger partial charge in [-0.15, -0.1) is 10.2 Å². The molecule has 0 aliphatic carbocycles. The molecule has 2 aromatic rings. The maximum Gasteiger partial charge on any atom is 0.227 e. The molecule has 1 amide bonds. The fraction of sp³-hybridized carbons (Fsp3) is 0.476. The summed E-state index contributed by atoms with van der Waals surface area (Å²) in [5, 5.41) is 8.82. The zero-order valence-corrected chi connectivity index (χ0v) is 16.4. The van der Waals surface area contributed by atoms with E-state index in [-0.39, 0.29) is 5.91 Å². The van der Waals surface area contributed by atoms with Gasteiger partial charge in [0.05, 0.1) is 13.5 Å². The van der Waals surface area contributed by atoms with Crippen LogP contribution < -0.4 is 14.5 Å². The van der Waals surface area contributed by atoms with Crippen LogP contribution >= 0.6 is 0 Å². The summed E-state index contributed by atoms with van der Waals surface area (Å²) < 4.78 is 5.17. The summed E-state index contributed by atoms with van der Waals surface area (Å²) in [5.41, 5.74) is 1.01. The summed E-state index contributed by atoms with van der Waals surface area (Å²) >= 11 is 0. The van der Waals surface area contributed by atoms with Gasteiger partial charge in [-0.25, -0.2) is 0 Å². The first kappa shape index (κ1) is 18.5. The molecule has 2 fully saturated rings. The minimum Gasteiger partial charge on any atom is -0.497 e. The summed E-state index contributed by atoms with van der Waals surface area (Å²) in [4.78, 5) is 19.0. The Labute approximate surface area is 165 Å². The Morgan fingerprint density at radius 2 is 1.43 bits per heavy atom. The smallest absolute Gasteiger partial charge is 0.227 e. The van der Waals surface area contributed by atoms with Gasteiger partial charge in [0.25, 0.3) is 0 Å². The van der Waals surface area contributed by atoms with Crippen molar-refractivity contribution < 1.29 is 9.53 Å². The lowest BCUT2D eigenvalue weighted by molar-refractivity contribution is -0.130. The summed E-state index contributed by atoms with van der Waals surface area (Å²) in [5.74, 6) is 2.83. The Kier molecular flexibility index (Phi) is 5.60. The molecule has 1 aromatic carbocycles. The van der Waals surface area contributed by atoms with E-state index in [1.165, 1.54) is 12.8 Å². The van der Waals surface area contributed by atoms with E-state index in [0.717, 1.165) is 49.1 Å². The number of hydrogen-bond donors (Lipinski definition) is 0. The molecule has 2 saturated heterocycles. The van der Waals surface area contributed by atoms with Crippen molar-refractivity contribution in [2.45, 2.75) is 19.3 Å². The molecular weight excluding hydrogens is 354 g/mol. The monoisotopic (exact) mass is 381 g/mol. The zero-order chi connectivity index (χ0) is 19.3. The van der Waals surface area contributed by atoms with Crippen LogP contribution in [0.2, 0.25) is 0 Å². The van der Waals surface area contributed by atoms with Gasteiger partial charge in [-0.2, -0.15) is 0 Å². The van der Waals surface area contributed by atoms with Gasteiger partial charge in [-0.3, -0.25) is 4.79 Å². The normalized spacial score (nSPS) is 17.1. The number of rotatable bonds is 5. The van der Waals surface area contributed by atoms with Crippen LogP contribution in [0, 0.1) is 0 Å². The number of anilines is 2. The second kappa shape index (κ2) is 8.46.